The first-order valence-corrected chi connectivity index (χ1v) is 7.11. The van der Waals surface area contributed by atoms with E-state index in [-0.39, 0.29) is 0 Å². The Morgan fingerprint density at radius 3 is 2.45 bits per heavy atom. The maximum Gasteiger partial charge on any atom is 0.573 e. The van der Waals surface area contributed by atoms with Gasteiger partial charge in [0.15, 0.2) is 11.6 Å². The minimum Gasteiger partial charge on any atom is -0.481 e. The summed E-state index contributed by atoms with van der Waals surface area (Å²) in [5, 5.41) is 8.48. The van der Waals surface area contributed by atoms with Crippen LogP contribution in [0.4, 0.5) is 17.6 Å². The molecule has 0 spiro atoms. The number of carbonyl (C=O) groups is 1. The average molecular weight is 345 g/mol. The van der Waals surface area contributed by atoms with E-state index in [1.165, 1.54) is 0 Å². The third-order valence-corrected chi connectivity index (χ3v) is 4.36. The van der Waals surface area contributed by atoms with Crippen LogP contribution in [0.5, 0.6) is 5.75 Å². The molecule has 1 rings (SSSR count). The predicted molar refractivity (Wildman–Crippen MR) is 65.2 cm³/mol. The number of halogens is 4. The van der Waals surface area contributed by atoms with Crippen molar-refractivity contribution < 1.29 is 40.6 Å². The highest BCUT2D eigenvalue weighted by molar-refractivity contribution is 7.89. The first-order chi connectivity index (χ1) is 9.95. The molecule has 124 valence electrons. The average Bonchev–Trinajstić information content (AvgIpc) is 2.36. The number of hydrogen-bond donors (Lipinski definition) is 1. The number of alkyl halides is 3. The monoisotopic (exact) mass is 345 g/mol. The highest BCUT2D eigenvalue weighted by Crippen LogP contribution is 2.30. The van der Waals surface area contributed by atoms with E-state index in [1.54, 1.807) is 0 Å². The van der Waals surface area contributed by atoms with Crippen molar-refractivity contribution in [3.05, 3.63) is 24.0 Å². The molecule has 0 heterocycles. The zero-order chi connectivity index (χ0) is 17.1. The van der Waals surface area contributed by atoms with E-state index in [0.29, 0.717) is 10.4 Å². The van der Waals surface area contributed by atoms with Crippen LogP contribution in [0.1, 0.15) is 6.42 Å². The Bertz CT molecular complexity index is 659. The van der Waals surface area contributed by atoms with Gasteiger partial charge in [0.05, 0.1) is 6.42 Å². The predicted octanol–water partition coefficient (Wildman–Crippen LogP) is 1.82. The second-order valence-corrected chi connectivity index (χ2v) is 6.10. The van der Waals surface area contributed by atoms with Crippen LogP contribution in [0.2, 0.25) is 0 Å². The summed E-state index contributed by atoms with van der Waals surface area (Å²) in [4.78, 5) is 9.36. The second-order valence-electron chi connectivity index (χ2n) is 4.09. The van der Waals surface area contributed by atoms with E-state index in [4.69, 9.17) is 5.11 Å². The largest absolute Gasteiger partial charge is 0.573 e. The van der Waals surface area contributed by atoms with Crippen molar-refractivity contribution in [2.45, 2.75) is 17.7 Å². The van der Waals surface area contributed by atoms with Crippen molar-refractivity contribution in [3.8, 4) is 5.75 Å². The molecular formula is C11H11F4NO5S. The SMILES string of the molecule is CN(CCC(=O)O)S(=O)(=O)c1cccc(OC(F)(F)F)c1F. The lowest BCUT2D eigenvalue weighted by Gasteiger charge is -2.18. The molecule has 1 aromatic rings. The first kappa shape index (κ1) is 18.2. The molecular weight excluding hydrogens is 334 g/mol. The Kier molecular flexibility index (Phi) is 5.35. The van der Waals surface area contributed by atoms with Gasteiger partial charge in [-0.3, -0.25) is 4.79 Å². The molecule has 0 saturated carbocycles. The quantitative estimate of drug-likeness (QED) is 0.795. The van der Waals surface area contributed by atoms with Gasteiger partial charge >= 0.3 is 12.3 Å². The maximum absolute atomic E-state index is 13.9. The van der Waals surface area contributed by atoms with E-state index >= 15 is 0 Å². The Morgan fingerprint density at radius 1 is 1.36 bits per heavy atom. The molecule has 0 unspecified atom stereocenters. The van der Waals surface area contributed by atoms with Crippen LogP contribution in [0, 0.1) is 5.82 Å². The molecule has 0 aliphatic carbocycles. The molecule has 6 nitrogen and oxygen atoms in total. The summed E-state index contributed by atoms with van der Waals surface area (Å²) in [6, 6.07) is 2.26. The zero-order valence-corrected chi connectivity index (χ0v) is 11.9. The van der Waals surface area contributed by atoms with Gasteiger partial charge in [-0.1, -0.05) is 6.07 Å². The van der Waals surface area contributed by atoms with Crippen molar-refractivity contribution in [3.63, 3.8) is 0 Å². The van der Waals surface area contributed by atoms with Gasteiger partial charge in [-0.25, -0.2) is 17.1 Å². The Balaban J connectivity index is 3.15. The molecule has 22 heavy (non-hydrogen) atoms. The van der Waals surface area contributed by atoms with Gasteiger partial charge in [-0.05, 0) is 12.1 Å². The molecule has 0 saturated heterocycles. The van der Waals surface area contributed by atoms with E-state index < -0.39 is 51.8 Å². The second kappa shape index (κ2) is 6.48. The van der Waals surface area contributed by atoms with Crippen molar-refractivity contribution in [2.75, 3.05) is 13.6 Å². The van der Waals surface area contributed by atoms with Crippen LogP contribution in [-0.4, -0.2) is 43.8 Å². The number of carboxylic acids is 1. The van der Waals surface area contributed by atoms with Gasteiger partial charge < -0.3 is 9.84 Å². The summed E-state index contributed by atoms with van der Waals surface area (Å²) >= 11 is 0. The van der Waals surface area contributed by atoms with Crippen LogP contribution < -0.4 is 4.74 Å². The van der Waals surface area contributed by atoms with E-state index in [2.05, 4.69) is 4.74 Å². The molecule has 1 N–H and O–H groups in total. The third kappa shape index (κ3) is 4.56. The van der Waals surface area contributed by atoms with Crippen LogP contribution in [0.25, 0.3) is 0 Å². The maximum atomic E-state index is 13.9. The van der Waals surface area contributed by atoms with Gasteiger partial charge in [0, 0.05) is 13.6 Å². The van der Waals surface area contributed by atoms with Gasteiger partial charge in [-0.2, -0.15) is 0 Å². The van der Waals surface area contributed by atoms with Crippen LogP contribution in [0.15, 0.2) is 23.1 Å². The highest BCUT2D eigenvalue weighted by atomic mass is 32.2. The van der Waals surface area contributed by atoms with Crippen LogP contribution in [0.3, 0.4) is 0 Å². The van der Waals surface area contributed by atoms with Crippen LogP contribution in [-0.2, 0) is 14.8 Å². The lowest BCUT2D eigenvalue weighted by atomic mass is 10.3. The molecule has 0 aliphatic heterocycles. The van der Waals surface area contributed by atoms with E-state index in [9.17, 15) is 30.8 Å². The summed E-state index contributed by atoms with van der Waals surface area (Å²) in [6.45, 7) is -0.471. The standard InChI is InChI=1S/C11H11F4NO5S/c1-16(6-5-9(17)18)22(19,20)8-4-2-3-7(10(8)12)21-11(13,14)15/h2-4H,5-6H2,1H3,(H,17,18). The number of carboxylic acid groups (broad SMARTS) is 1. The minimum absolute atomic E-state index is 0.471. The number of benzene rings is 1. The molecule has 0 amide bonds. The molecule has 0 bridgehead atoms. The fourth-order valence-electron chi connectivity index (χ4n) is 1.43. The Morgan fingerprint density at radius 2 is 1.95 bits per heavy atom. The Labute approximate surface area is 123 Å². The molecule has 0 aromatic heterocycles. The van der Waals surface area contributed by atoms with Crippen molar-refractivity contribution in [1.82, 2.24) is 4.31 Å². The number of sulfonamides is 1. The van der Waals surface area contributed by atoms with Gasteiger partial charge in [0.2, 0.25) is 10.0 Å². The van der Waals surface area contributed by atoms with E-state index in [0.717, 1.165) is 19.2 Å². The van der Waals surface area contributed by atoms with Gasteiger partial charge in [0.25, 0.3) is 0 Å². The summed E-state index contributed by atoms with van der Waals surface area (Å²) in [6.07, 6.45) is -5.73. The van der Waals surface area contributed by atoms with Crippen molar-refractivity contribution >= 4 is 16.0 Å². The summed E-state index contributed by atoms with van der Waals surface area (Å²) < 4.78 is 78.2. The first-order valence-electron chi connectivity index (χ1n) is 5.67. The van der Waals surface area contributed by atoms with Crippen molar-refractivity contribution in [1.29, 1.82) is 0 Å². The van der Waals surface area contributed by atoms with E-state index in [1.807, 2.05) is 0 Å². The normalized spacial score (nSPS) is 12.5. The number of hydrogen-bond acceptors (Lipinski definition) is 4. The topological polar surface area (TPSA) is 83.9 Å². The lowest BCUT2D eigenvalue weighted by molar-refractivity contribution is -0.275. The number of rotatable bonds is 6. The molecule has 0 radical (unpaired) electrons. The zero-order valence-electron chi connectivity index (χ0n) is 11.1. The summed E-state index contributed by atoms with van der Waals surface area (Å²) in [5.74, 6) is -4.28. The minimum atomic E-state index is -5.18. The number of ether oxygens (including phenoxy) is 1. The summed E-state index contributed by atoms with van der Waals surface area (Å²) in [7, 11) is -3.51. The molecule has 11 heteroatoms. The number of nitrogens with zero attached hydrogens (tertiary/aromatic N) is 1. The number of aliphatic carboxylic acids is 1. The Hall–Kier alpha value is -1.88. The van der Waals surface area contributed by atoms with Gasteiger partial charge in [0.1, 0.15) is 4.90 Å². The molecule has 0 fully saturated rings. The van der Waals surface area contributed by atoms with Gasteiger partial charge in [-0.15, -0.1) is 13.2 Å². The summed E-state index contributed by atoms with van der Waals surface area (Å²) in [5.41, 5.74) is 0. The fraction of sp³-hybridized carbons (Fsp3) is 0.364. The molecule has 0 atom stereocenters. The highest BCUT2D eigenvalue weighted by Gasteiger charge is 2.34. The van der Waals surface area contributed by atoms with Crippen molar-refractivity contribution in [2.24, 2.45) is 0 Å². The third-order valence-electron chi connectivity index (χ3n) is 2.48. The van der Waals surface area contributed by atoms with Crippen LogP contribution >= 0.6 is 0 Å². The fourth-order valence-corrected chi connectivity index (χ4v) is 2.68. The molecule has 0 aliphatic rings. The molecule has 1 aromatic carbocycles. The lowest BCUT2D eigenvalue weighted by Crippen LogP contribution is -2.30. The smallest absolute Gasteiger partial charge is 0.481 e.